The summed E-state index contributed by atoms with van der Waals surface area (Å²) in [4.78, 5) is 11.5. The van der Waals surface area contributed by atoms with E-state index in [0.29, 0.717) is 0 Å². The van der Waals surface area contributed by atoms with Gasteiger partial charge in [-0.25, -0.2) is 0 Å². The molecule has 0 atom stereocenters. The highest BCUT2D eigenvalue weighted by Crippen LogP contribution is 2.19. The molecule has 2 nitrogen and oxygen atoms in total. The Bertz CT molecular complexity index is 344. The van der Waals surface area contributed by atoms with Gasteiger partial charge in [0.1, 0.15) is 0 Å². The molecule has 2 heteroatoms. The summed E-state index contributed by atoms with van der Waals surface area (Å²) in [6.45, 7) is 9.04. The highest BCUT2D eigenvalue weighted by Gasteiger charge is 2.13. The maximum atomic E-state index is 11.5. The van der Waals surface area contributed by atoms with Crippen molar-refractivity contribution in [2.45, 2.75) is 39.7 Å². The molecule has 0 saturated carbocycles. The minimum atomic E-state index is 0.0615. The quantitative estimate of drug-likeness (QED) is 0.647. The monoisotopic (exact) mass is 179 g/mol. The van der Waals surface area contributed by atoms with Crippen molar-refractivity contribution in [3.63, 3.8) is 0 Å². The number of pyridine rings is 1. The summed E-state index contributed by atoms with van der Waals surface area (Å²) < 4.78 is 1.70. The van der Waals surface area contributed by atoms with E-state index in [1.165, 1.54) is 0 Å². The minimum Gasteiger partial charge on any atom is -0.316 e. The van der Waals surface area contributed by atoms with Gasteiger partial charge in [0.05, 0.1) is 0 Å². The fraction of sp³-hybridized carbons (Fsp3) is 0.545. The highest BCUT2D eigenvalue weighted by atomic mass is 16.1. The zero-order valence-electron chi connectivity index (χ0n) is 8.79. The summed E-state index contributed by atoms with van der Waals surface area (Å²) in [6.07, 6.45) is 1.86. The largest absolute Gasteiger partial charge is 0.316 e. The van der Waals surface area contributed by atoms with Crippen LogP contribution in [-0.4, -0.2) is 4.57 Å². The number of nitrogens with zero attached hydrogens (tertiary/aromatic N) is 1. The van der Waals surface area contributed by atoms with Crippen LogP contribution in [0, 0.1) is 0 Å². The minimum absolute atomic E-state index is 0.0615. The molecule has 1 heterocycles. The second-order valence-corrected chi connectivity index (χ2v) is 4.29. The van der Waals surface area contributed by atoms with E-state index >= 15 is 0 Å². The van der Waals surface area contributed by atoms with Crippen molar-refractivity contribution in [1.29, 1.82) is 0 Å². The predicted octanol–water partition coefficient (Wildman–Crippen LogP) is 2.17. The van der Waals surface area contributed by atoms with E-state index in [1.807, 2.05) is 19.2 Å². The Morgan fingerprint density at radius 1 is 1.38 bits per heavy atom. The molecule has 0 fully saturated rings. The van der Waals surface area contributed by atoms with Crippen LogP contribution in [0.3, 0.4) is 0 Å². The lowest BCUT2D eigenvalue weighted by Gasteiger charge is -2.18. The molecule has 13 heavy (non-hydrogen) atoms. The molecule has 0 N–H and O–H groups in total. The molecule has 0 aliphatic rings. The summed E-state index contributed by atoms with van der Waals surface area (Å²) in [5, 5.41) is 0. The van der Waals surface area contributed by atoms with Crippen LogP contribution < -0.4 is 5.56 Å². The van der Waals surface area contributed by atoms with Gasteiger partial charge in [0.25, 0.3) is 5.56 Å². The third kappa shape index (κ3) is 2.20. The van der Waals surface area contributed by atoms with E-state index < -0.39 is 0 Å². The maximum Gasteiger partial charge on any atom is 0.250 e. The van der Waals surface area contributed by atoms with Crippen molar-refractivity contribution in [1.82, 2.24) is 4.57 Å². The maximum absolute atomic E-state index is 11.5. The van der Waals surface area contributed by atoms with Gasteiger partial charge in [0.15, 0.2) is 0 Å². The second kappa shape index (κ2) is 3.36. The Balaban J connectivity index is 3.18. The van der Waals surface area contributed by atoms with Gasteiger partial charge in [0.2, 0.25) is 0 Å². The molecule has 0 saturated heterocycles. The summed E-state index contributed by atoms with van der Waals surface area (Å²) in [7, 11) is 0. The first-order valence-electron chi connectivity index (χ1n) is 4.66. The molecule has 0 spiro atoms. The predicted molar refractivity (Wildman–Crippen MR) is 55.1 cm³/mol. The molecule has 1 aromatic heterocycles. The second-order valence-electron chi connectivity index (χ2n) is 4.29. The summed E-state index contributed by atoms with van der Waals surface area (Å²) >= 11 is 0. The molecule has 0 bridgehead atoms. The van der Waals surface area contributed by atoms with Gasteiger partial charge in [-0.3, -0.25) is 4.79 Å². The number of rotatable bonds is 1. The first-order chi connectivity index (χ1) is 5.95. The average molecular weight is 179 g/mol. The Morgan fingerprint density at radius 3 is 2.38 bits per heavy atom. The number of aromatic nitrogens is 1. The third-order valence-corrected chi connectivity index (χ3v) is 2.20. The van der Waals surface area contributed by atoms with E-state index in [2.05, 4.69) is 20.8 Å². The van der Waals surface area contributed by atoms with E-state index in [1.54, 1.807) is 10.6 Å². The van der Waals surface area contributed by atoms with Crippen LogP contribution in [0.4, 0.5) is 0 Å². The SMILES string of the molecule is CCn1ccc(C(C)(C)C)cc1=O. The van der Waals surface area contributed by atoms with Crippen molar-refractivity contribution < 1.29 is 0 Å². The zero-order valence-corrected chi connectivity index (χ0v) is 8.79. The van der Waals surface area contributed by atoms with Crippen LogP contribution in [-0.2, 0) is 12.0 Å². The van der Waals surface area contributed by atoms with Crippen LogP contribution in [0.5, 0.6) is 0 Å². The Labute approximate surface area is 79.2 Å². The molecule has 1 rings (SSSR count). The smallest absolute Gasteiger partial charge is 0.250 e. The average Bonchev–Trinajstić information content (AvgIpc) is 2.02. The van der Waals surface area contributed by atoms with Gasteiger partial charge in [-0.1, -0.05) is 20.8 Å². The van der Waals surface area contributed by atoms with Crippen molar-refractivity contribution in [3.05, 3.63) is 34.2 Å². The van der Waals surface area contributed by atoms with Gasteiger partial charge in [-0.15, -0.1) is 0 Å². The van der Waals surface area contributed by atoms with E-state index in [-0.39, 0.29) is 11.0 Å². The molecule has 1 aromatic rings. The van der Waals surface area contributed by atoms with Crippen molar-refractivity contribution >= 4 is 0 Å². The van der Waals surface area contributed by atoms with Gasteiger partial charge in [-0.05, 0) is 24.0 Å². The lowest BCUT2D eigenvalue weighted by atomic mass is 9.88. The number of aryl methyl sites for hydroxylation is 1. The lowest BCUT2D eigenvalue weighted by molar-refractivity contribution is 0.583. The van der Waals surface area contributed by atoms with Crippen LogP contribution in [0.25, 0.3) is 0 Å². The molecular formula is C11H17NO. The van der Waals surface area contributed by atoms with Crippen molar-refractivity contribution in [3.8, 4) is 0 Å². The molecular weight excluding hydrogens is 162 g/mol. The summed E-state index contributed by atoms with van der Waals surface area (Å²) in [6, 6.07) is 3.74. The Kier molecular flexibility index (Phi) is 2.60. The standard InChI is InChI=1S/C11H17NO/c1-5-12-7-6-9(8-10(12)13)11(2,3)4/h6-8H,5H2,1-4H3. The van der Waals surface area contributed by atoms with E-state index in [0.717, 1.165) is 12.1 Å². The van der Waals surface area contributed by atoms with Gasteiger partial charge in [-0.2, -0.15) is 0 Å². The number of hydrogen-bond donors (Lipinski definition) is 0. The van der Waals surface area contributed by atoms with Crippen molar-refractivity contribution in [2.24, 2.45) is 0 Å². The normalized spacial score (nSPS) is 11.7. The van der Waals surface area contributed by atoms with E-state index in [9.17, 15) is 4.79 Å². The summed E-state index contributed by atoms with van der Waals surface area (Å²) in [5.74, 6) is 0. The van der Waals surface area contributed by atoms with Gasteiger partial charge < -0.3 is 4.57 Å². The Morgan fingerprint density at radius 2 is 2.00 bits per heavy atom. The van der Waals surface area contributed by atoms with Crippen LogP contribution in [0.15, 0.2) is 23.1 Å². The Hall–Kier alpha value is -1.05. The number of hydrogen-bond acceptors (Lipinski definition) is 1. The van der Waals surface area contributed by atoms with Crippen LogP contribution >= 0.6 is 0 Å². The van der Waals surface area contributed by atoms with Gasteiger partial charge in [0, 0.05) is 18.8 Å². The summed E-state index contributed by atoms with van der Waals surface area (Å²) in [5.41, 5.74) is 1.25. The lowest BCUT2D eigenvalue weighted by Crippen LogP contribution is -2.22. The van der Waals surface area contributed by atoms with Gasteiger partial charge >= 0.3 is 0 Å². The fourth-order valence-electron chi connectivity index (χ4n) is 1.24. The van der Waals surface area contributed by atoms with Crippen LogP contribution in [0.2, 0.25) is 0 Å². The molecule has 0 aliphatic heterocycles. The molecule has 0 aliphatic carbocycles. The molecule has 0 unspecified atom stereocenters. The van der Waals surface area contributed by atoms with E-state index in [4.69, 9.17) is 0 Å². The topological polar surface area (TPSA) is 22.0 Å². The molecule has 72 valence electrons. The zero-order chi connectivity index (χ0) is 10.1. The van der Waals surface area contributed by atoms with Crippen LogP contribution in [0.1, 0.15) is 33.3 Å². The fourth-order valence-corrected chi connectivity index (χ4v) is 1.24. The first-order valence-corrected chi connectivity index (χ1v) is 4.66. The molecule has 0 aromatic carbocycles. The third-order valence-electron chi connectivity index (χ3n) is 2.20. The van der Waals surface area contributed by atoms with Crippen molar-refractivity contribution in [2.75, 3.05) is 0 Å². The highest BCUT2D eigenvalue weighted by molar-refractivity contribution is 5.19. The molecule has 0 amide bonds. The molecule has 0 radical (unpaired) electrons. The first kappa shape index (κ1) is 10.0.